The number of nitrogens with zero attached hydrogens (tertiary/aromatic N) is 3. The number of fused-ring (bicyclic) bond motifs is 2. The van der Waals surface area contributed by atoms with E-state index in [1.807, 2.05) is 18.3 Å². The summed E-state index contributed by atoms with van der Waals surface area (Å²) in [5.41, 5.74) is 1.68. The third-order valence-electron chi connectivity index (χ3n) is 3.60. The molecule has 1 aliphatic carbocycles. The Bertz CT molecular complexity index is 404. The predicted molar refractivity (Wildman–Crippen MR) is 57.4 cm³/mol. The van der Waals surface area contributed by atoms with E-state index < -0.39 is 0 Å². The molecule has 15 heavy (non-hydrogen) atoms. The second-order valence-electron chi connectivity index (χ2n) is 4.50. The van der Waals surface area contributed by atoms with Gasteiger partial charge in [0, 0.05) is 12.6 Å². The summed E-state index contributed by atoms with van der Waals surface area (Å²) in [6.07, 6.45) is 5.90. The molecule has 3 nitrogen and oxygen atoms in total. The molecule has 1 aliphatic heterocycles. The molecule has 2 bridgehead atoms. The standard InChI is InChI=1S/C12H13N3/c13-6-10-2-4-12(7-14-10)15-8-9-1-3-11(15)5-9/h2,4,7,9,11H,1,3,5,8H2. The molecule has 2 fully saturated rings. The van der Waals surface area contributed by atoms with Gasteiger partial charge in [0.25, 0.3) is 0 Å². The summed E-state index contributed by atoms with van der Waals surface area (Å²) in [6, 6.07) is 6.60. The summed E-state index contributed by atoms with van der Waals surface area (Å²) >= 11 is 0. The van der Waals surface area contributed by atoms with Gasteiger partial charge in [0.2, 0.25) is 0 Å². The van der Waals surface area contributed by atoms with E-state index in [1.54, 1.807) is 6.07 Å². The first-order valence-electron chi connectivity index (χ1n) is 5.49. The van der Waals surface area contributed by atoms with E-state index >= 15 is 0 Å². The summed E-state index contributed by atoms with van der Waals surface area (Å²) < 4.78 is 0. The summed E-state index contributed by atoms with van der Waals surface area (Å²) in [5, 5.41) is 8.67. The highest BCUT2D eigenvalue weighted by molar-refractivity contribution is 5.48. The smallest absolute Gasteiger partial charge is 0.140 e. The molecule has 2 unspecified atom stereocenters. The Balaban J connectivity index is 1.85. The molecule has 2 heterocycles. The van der Waals surface area contributed by atoms with Crippen molar-refractivity contribution < 1.29 is 0 Å². The molecule has 2 atom stereocenters. The number of nitriles is 1. The van der Waals surface area contributed by atoms with Gasteiger partial charge in [0.05, 0.1) is 11.9 Å². The molecule has 0 spiro atoms. The largest absolute Gasteiger partial charge is 0.367 e. The minimum atomic E-state index is 0.503. The summed E-state index contributed by atoms with van der Waals surface area (Å²) in [5.74, 6) is 0.894. The van der Waals surface area contributed by atoms with Gasteiger partial charge in [0.1, 0.15) is 11.8 Å². The number of hydrogen-bond acceptors (Lipinski definition) is 3. The molecule has 0 N–H and O–H groups in total. The van der Waals surface area contributed by atoms with E-state index in [4.69, 9.17) is 5.26 Å². The van der Waals surface area contributed by atoms with Crippen molar-refractivity contribution in [1.82, 2.24) is 4.98 Å². The normalized spacial score (nSPS) is 28.1. The predicted octanol–water partition coefficient (Wildman–Crippen LogP) is 1.94. The van der Waals surface area contributed by atoms with E-state index in [9.17, 15) is 0 Å². The highest BCUT2D eigenvalue weighted by Crippen LogP contribution is 2.39. The van der Waals surface area contributed by atoms with Crippen molar-refractivity contribution in [2.24, 2.45) is 5.92 Å². The number of pyridine rings is 1. The zero-order valence-electron chi connectivity index (χ0n) is 8.56. The van der Waals surface area contributed by atoms with Gasteiger partial charge in [-0.2, -0.15) is 5.26 Å². The van der Waals surface area contributed by atoms with Crippen LogP contribution in [0.4, 0.5) is 5.69 Å². The zero-order valence-corrected chi connectivity index (χ0v) is 8.56. The maximum Gasteiger partial charge on any atom is 0.140 e. The Labute approximate surface area is 89.3 Å². The molecular formula is C12H13N3. The molecule has 0 amide bonds. The van der Waals surface area contributed by atoms with Crippen LogP contribution in [0.5, 0.6) is 0 Å². The molecule has 2 aliphatic rings. The Hall–Kier alpha value is -1.56. The minimum absolute atomic E-state index is 0.503. The fourth-order valence-corrected chi connectivity index (χ4v) is 2.86. The molecule has 3 rings (SSSR count). The zero-order chi connectivity index (χ0) is 10.3. The Morgan fingerprint density at radius 2 is 2.33 bits per heavy atom. The molecule has 76 valence electrons. The van der Waals surface area contributed by atoms with E-state index in [2.05, 4.69) is 9.88 Å². The molecule has 1 saturated carbocycles. The topological polar surface area (TPSA) is 39.9 Å². The molecule has 1 aromatic heterocycles. The van der Waals surface area contributed by atoms with Crippen LogP contribution < -0.4 is 4.90 Å². The highest BCUT2D eigenvalue weighted by atomic mass is 15.2. The molecular weight excluding hydrogens is 186 g/mol. The first-order valence-corrected chi connectivity index (χ1v) is 5.49. The van der Waals surface area contributed by atoms with Gasteiger partial charge < -0.3 is 4.90 Å². The van der Waals surface area contributed by atoms with Crippen LogP contribution in [0.25, 0.3) is 0 Å². The maximum absolute atomic E-state index is 8.67. The first-order chi connectivity index (χ1) is 7.36. The summed E-state index contributed by atoms with van der Waals surface area (Å²) in [4.78, 5) is 6.57. The van der Waals surface area contributed by atoms with Crippen LogP contribution in [0.15, 0.2) is 18.3 Å². The van der Waals surface area contributed by atoms with Crippen molar-refractivity contribution in [3.63, 3.8) is 0 Å². The van der Waals surface area contributed by atoms with E-state index in [-0.39, 0.29) is 0 Å². The maximum atomic E-state index is 8.67. The molecule has 1 aromatic rings. The SMILES string of the molecule is N#Cc1ccc(N2CC3CCC2C3)cn1. The van der Waals surface area contributed by atoms with Gasteiger partial charge in [0.15, 0.2) is 0 Å². The molecule has 0 radical (unpaired) electrons. The van der Waals surface area contributed by atoms with Gasteiger partial charge in [-0.15, -0.1) is 0 Å². The highest BCUT2D eigenvalue weighted by Gasteiger charge is 2.37. The minimum Gasteiger partial charge on any atom is -0.367 e. The number of rotatable bonds is 1. The third-order valence-corrected chi connectivity index (χ3v) is 3.60. The number of anilines is 1. The van der Waals surface area contributed by atoms with E-state index in [0.717, 1.165) is 12.0 Å². The van der Waals surface area contributed by atoms with Crippen LogP contribution in [-0.2, 0) is 0 Å². The second-order valence-corrected chi connectivity index (χ2v) is 4.50. The Kier molecular flexibility index (Phi) is 1.88. The Morgan fingerprint density at radius 1 is 1.40 bits per heavy atom. The van der Waals surface area contributed by atoms with Crippen LogP contribution in [0.3, 0.4) is 0 Å². The van der Waals surface area contributed by atoms with Gasteiger partial charge >= 0.3 is 0 Å². The lowest BCUT2D eigenvalue weighted by molar-refractivity contribution is 0.553. The monoisotopic (exact) mass is 199 g/mol. The number of aromatic nitrogens is 1. The van der Waals surface area contributed by atoms with Crippen LogP contribution in [0.2, 0.25) is 0 Å². The van der Waals surface area contributed by atoms with Crippen molar-refractivity contribution in [3.05, 3.63) is 24.0 Å². The van der Waals surface area contributed by atoms with Crippen LogP contribution in [0.1, 0.15) is 25.0 Å². The first kappa shape index (κ1) is 8.72. The van der Waals surface area contributed by atoms with Crippen molar-refractivity contribution in [1.29, 1.82) is 5.26 Å². The summed E-state index contributed by atoms with van der Waals surface area (Å²) in [7, 11) is 0. The molecule has 3 heteroatoms. The van der Waals surface area contributed by atoms with E-state index in [0.29, 0.717) is 5.69 Å². The van der Waals surface area contributed by atoms with E-state index in [1.165, 1.54) is 31.5 Å². The van der Waals surface area contributed by atoms with Gasteiger partial charge in [-0.3, -0.25) is 0 Å². The second kappa shape index (κ2) is 3.23. The lowest BCUT2D eigenvalue weighted by Crippen LogP contribution is -2.31. The fourth-order valence-electron chi connectivity index (χ4n) is 2.86. The van der Waals surface area contributed by atoms with Crippen molar-refractivity contribution in [2.75, 3.05) is 11.4 Å². The molecule has 0 aromatic carbocycles. The Morgan fingerprint density at radius 3 is 2.87 bits per heavy atom. The lowest BCUT2D eigenvalue weighted by Gasteiger charge is -2.28. The molecule has 1 saturated heterocycles. The summed E-state index contributed by atoms with van der Waals surface area (Å²) in [6.45, 7) is 1.18. The lowest BCUT2D eigenvalue weighted by atomic mass is 10.1. The number of hydrogen-bond donors (Lipinski definition) is 0. The average molecular weight is 199 g/mol. The van der Waals surface area contributed by atoms with Crippen molar-refractivity contribution in [2.45, 2.75) is 25.3 Å². The fraction of sp³-hybridized carbons (Fsp3) is 0.500. The number of piperidine rings is 1. The van der Waals surface area contributed by atoms with Gasteiger partial charge in [-0.1, -0.05) is 0 Å². The third kappa shape index (κ3) is 1.37. The van der Waals surface area contributed by atoms with Crippen LogP contribution >= 0.6 is 0 Å². The quantitative estimate of drug-likeness (QED) is 0.694. The van der Waals surface area contributed by atoms with Crippen LogP contribution in [0, 0.1) is 17.2 Å². The van der Waals surface area contributed by atoms with Gasteiger partial charge in [-0.05, 0) is 37.3 Å². The average Bonchev–Trinajstić information content (AvgIpc) is 2.91. The van der Waals surface area contributed by atoms with Crippen molar-refractivity contribution >= 4 is 5.69 Å². The van der Waals surface area contributed by atoms with Gasteiger partial charge in [-0.25, -0.2) is 4.98 Å². The van der Waals surface area contributed by atoms with Crippen LogP contribution in [-0.4, -0.2) is 17.6 Å². The van der Waals surface area contributed by atoms with Crippen molar-refractivity contribution in [3.8, 4) is 6.07 Å².